The molecule has 0 aliphatic rings. The minimum Gasteiger partial charge on any atom is -0.335 e. The number of pyridine rings is 3. The van der Waals surface area contributed by atoms with Gasteiger partial charge in [0.15, 0.2) is 11.5 Å². The highest BCUT2D eigenvalue weighted by Gasteiger charge is 2.17. The molecule has 5 aromatic heterocycles. The summed E-state index contributed by atoms with van der Waals surface area (Å²) in [6, 6.07) is 11.9. The van der Waals surface area contributed by atoms with Gasteiger partial charge < -0.3 is 15.2 Å². The smallest absolute Gasteiger partial charge is 0.321 e. The van der Waals surface area contributed by atoms with Crippen molar-refractivity contribution in [3.63, 3.8) is 0 Å². The van der Waals surface area contributed by atoms with Gasteiger partial charge in [0.05, 0.1) is 34.5 Å². The number of rotatable bonds is 4. The highest BCUT2D eigenvalue weighted by Crippen LogP contribution is 2.32. The zero-order valence-corrected chi connectivity index (χ0v) is 20.4. The lowest BCUT2D eigenvalue weighted by atomic mass is 10.1. The van der Waals surface area contributed by atoms with Crippen LogP contribution in [0.2, 0.25) is 0 Å². The van der Waals surface area contributed by atoms with E-state index < -0.39 is 0 Å². The second kappa shape index (κ2) is 8.83. The topological polar surface area (TPSA) is 128 Å². The third-order valence-corrected chi connectivity index (χ3v) is 6.13. The van der Waals surface area contributed by atoms with Gasteiger partial charge in [0.2, 0.25) is 0 Å². The number of urea groups is 1. The maximum atomic E-state index is 12.1. The van der Waals surface area contributed by atoms with E-state index >= 15 is 0 Å². The molecule has 0 spiro atoms. The summed E-state index contributed by atoms with van der Waals surface area (Å²) in [4.78, 5) is 35.0. The van der Waals surface area contributed by atoms with Crippen molar-refractivity contribution >= 4 is 33.8 Å². The summed E-state index contributed by atoms with van der Waals surface area (Å²) in [5.74, 6) is 0.642. The summed E-state index contributed by atoms with van der Waals surface area (Å²) >= 11 is 0. The van der Waals surface area contributed by atoms with Crippen molar-refractivity contribution in [2.24, 2.45) is 0 Å². The Balaban J connectivity index is 1.41. The zero-order chi connectivity index (χ0) is 25.5. The highest BCUT2D eigenvalue weighted by atomic mass is 16.2. The van der Waals surface area contributed by atoms with Crippen LogP contribution in [0.25, 0.3) is 55.8 Å². The van der Waals surface area contributed by atoms with Gasteiger partial charge in [0, 0.05) is 49.4 Å². The van der Waals surface area contributed by atoms with E-state index in [1.54, 1.807) is 38.9 Å². The Kier molecular flexibility index (Phi) is 5.33. The molecule has 0 atom stereocenters. The number of anilines is 1. The fourth-order valence-electron chi connectivity index (χ4n) is 4.14. The monoisotopic (exact) mass is 489 g/mol. The average Bonchev–Trinajstić information content (AvgIpc) is 3.53. The predicted molar refractivity (Wildman–Crippen MR) is 143 cm³/mol. The molecule has 0 fully saturated rings. The number of aryl methyl sites for hydroxylation is 1. The number of nitrogens with zero attached hydrogens (tertiary/aromatic N) is 6. The molecule has 6 rings (SSSR count). The van der Waals surface area contributed by atoms with E-state index in [0.717, 1.165) is 44.4 Å². The van der Waals surface area contributed by atoms with Crippen molar-refractivity contribution in [2.45, 2.75) is 6.92 Å². The fourth-order valence-corrected chi connectivity index (χ4v) is 4.14. The van der Waals surface area contributed by atoms with Crippen LogP contribution in [-0.2, 0) is 0 Å². The molecule has 0 saturated heterocycles. The number of imidazole rings is 1. The molecule has 0 aliphatic carbocycles. The molecular weight excluding hydrogens is 466 g/mol. The number of fused-ring (bicyclic) bond motifs is 2. The number of carbonyl (C=O) groups is 1. The lowest BCUT2D eigenvalue weighted by molar-refractivity contribution is 0.230. The Bertz CT molecular complexity index is 1770. The van der Waals surface area contributed by atoms with Crippen LogP contribution in [0.15, 0.2) is 67.4 Å². The first-order chi connectivity index (χ1) is 18.0. The summed E-state index contributed by atoms with van der Waals surface area (Å²) in [6.07, 6.45) is 8.67. The molecule has 10 heteroatoms. The number of nitrogens with one attached hydrogen (secondary N) is 3. The third-order valence-electron chi connectivity index (χ3n) is 6.13. The van der Waals surface area contributed by atoms with Crippen LogP contribution in [0.3, 0.4) is 0 Å². The van der Waals surface area contributed by atoms with Crippen LogP contribution >= 0.6 is 0 Å². The average molecular weight is 490 g/mol. The Labute approximate surface area is 211 Å². The molecule has 37 heavy (non-hydrogen) atoms. The number of aromatic nitrogens is 7. The number of hydrogen-bond donors (Lipinski definition) is 3. The first kappa shape index (κ1) is 22.4. The summed E-state index contributed by atoms with van der Waals surface area (Å²) in [7, 11) is 3.37. The zero-order valence-electron chi connectivity index (χ0n) is 20.4. The van der Waals surface area contributed by atoms with Crippen molar-refractivity contribution in [2.75, 3.05) is 19.4 Å². The van der Waals surface area contributed by atoms with Gasteiger partial charge in [-0.05, 0) is 24.6 Å². The maximum Gasteiger partial charge on any atom is 0.321 e. The maximum absolute atomic E-state index is 12.1. The number of carbonyl (C=O) groups excluding carboxylic acids is 1. The Morgan fingerprint density at radius 3 is 2.51 bits per heavy atom. The van der Waals surface area contributed by atoms with E-state index in [9.17, 15) is 4.79 Å². The molecule has 0 unspecified atom stereocenters. The quantitative estimate of drug-likeness (QED) is 0.319. The van der Waals surface area contributed by atoms with Crippen LogP contribution in [0.1, 0.15) is 5.56 Å². The number of H-pyrrole nitrogens is 2. The Hall–Kier alpha value is -5.12. The summed E-state index contributed by atoms with van der Waals surface area (Å²) in [6.45, 7) is 2.06. The number of benzene rings is 1. The molecule has 3 N–H and O–H groups in total. The second-order valence-corrected chi connectivity index (χ2v) is 9.02. The molecule has 0 saturated carbocycles. The molecule has 10 nitrogen and oxygen atoms in total. The van der Waals surface area contributed by atoms with Crippen LogP contribution in [-0.4, -0.2) is 60.1 Å². The number of aromatic amines is 2. The predicted octanol–water partition coefficient (Wildman–Crippen LogP) is 5.03. The minimum absolute atomic E-state index is 0.228. The molecule has 1 aromatic carbocycles. The first-order valence-electron chi connectivity index (χ1n) is 11.7. The molecule has 0 bridgehead atoms. The molecule has 2 amide bonds. The molecule has 0 aliphatic heterocycles. The van der Waals surface area contributed by atoms with Gasteiger partial charge in [-0.25, -0.2) is 14.8 Å². The largest absolute Gasteiger partial charge is 0.335 e. The lowest BCUT2D eigenvalue weighted by Crippen LogP contribution is -2.27. The van der Waals surface area contributed by atoms with Gasteiger partial charge in [-0.2, -0.15) is 5.10 Å². The standard InChI is InChI=1S/C27H23N9O/c1-15-4-6-16(7-5-15)21-13-29-14-22-23(21)33-26(32-22)24-20-9-18(11-30-25(20)35-34-24)17-8-19(12-28-10-17)31-27(37)36(2)3/h4-14H,1-3H3,(H,31,37)(H,32,33)(H,30,34,35). The van der Waals surface area contributed by atoms with Crippen molar-refractivity contribution in [1.82, 2.24) is 40.0 Å². The van der Waals surface area contributed by atoms with E-state index in [1.807, 2.05) is 18.3 Å². The van der Waals surface area contributed by atoms with E-state index in [4.69, 9.17) is 4.98 Å². The fraction of sp³-hybridized carbons (Fsp3) is 0.111. The first-order valence-corrected chi connectivity index (χ1v) is 11.7. The van der Waals surface area contributed by atoms with Gasteiger partial charge in [0.25, 0.3) is 0 Å². The van der Waals surface area contributed by atoms with Gasteiger partial charge in [-0.3, -0.25) is 15.1 Å². The van der Waals surface area contributed by atoms with Gasteiger partial charge in [-0.15, -0.1) is 0 Å². The van der Waals surface area contributed by atoms with Crippen LogP contribution in [0.4, 0.5) is 10.5 Å². The van der Waals surface area contributed by atoms with E-state index in [0.29, 0.717) is 17.2 Å². The lowest BCUT2D eigenvalue weighted by Gasteiger charge is -2.12. The Morgan fingerprint density at radius 2 is 1.70 bits per heavy atom. The summed E-state index contributed by atoms with van der Waals surface area (Å²) in [5, 5.41) is 11.1. The summed E-state index contributed by atoms with van der Waals surface area (Å²) in [5.41, 5.74) is 8.38. The Morgan fingerprint density at radius 1 is 0.919 bits per heavy atom. The van der Waals surface area contributed by atoms with E-state index in [2.05, 4.69) is 66.6 Å². The van der Waals surface area contributed by atoms with Crippen LogP contribution in [0.5, 0.6) is 0 Å². The van der Waals surface area contributed by atoms with E-state index in [1.165, 1.54) is 10.5 Å². The van der Waals surface area contributed by atoms with Crippen molar-refractivity contribution < 1.29 is 4.79 Å². The molecular formula is C27H23N9O. The molecule has 5 heterocycles. The second-order valence-electron chi connectivity index (χ2n) is 9.02. The number of hydrogen-bond acceptors (Lipinski definition) is 6. The van der Waals surface area contributed by atoms with Crippen LogP contribution < -0.4 is 5.32 Å². The van der Waals surface area contributed by atoms with Crippen molar-refractivity contribution in [3.05, 3.63) is 72.9 Å². The third kappa shape index (κ3) is 4.14. The number of amides is 2. The highest BCUT2D eigenvalue weighted by molar-refractivity contribution is 5.97. The van der Waals surface area contributed by atoms with Gasteiger partial charge in [0.1, 0.15) is 5.69 Å². The summed E-state index contributed by atoms with van der Waals surface area (Å²) < 4.78 is 0. The normalized spacial score (nSPS) is 11.2. The van der Waals surface area contributed by atoms with Crippen molar-refractivity contribution in [3.8, 4) is 33.8 Å². The molecule has 182 valence electrons. The minimum atomic E-state index is -0.228. The van der Waals surface area contributed by atoms with Gasteiger partial charge >= 0.3 is 6.03 Å². The van der Waals surface area contributed by atoms with E-state index in [-0.39, 0.29) is 6.03 Å². The van der Waals surface area contributed by atoms with Gasteiger partial charge in [-0.1, -0.05) is 29.8 Å². The van der Waals surface area contributed by atoms with Crippen molar-refractivity contribution in [1.29, 1.82) is 0 Å². The molecule has 0 radical (unpaired) electrons. The van der Waals surface area contributed by atoms with Crippen LogP contribution in [0, 0.1) is 6.92 Å². The molecule has 6 aromatic rings. The SMILES string of the molecule is Cc1ccc(-c2cncc3[nH]c(-c4[nH]nc5ncc(-c6cncc(NC(=O)N(C)C)c6)cc45)nc23)cc1.